The quantitative estimate of drug-likeness (QED) is 0.623. The van der Waals surface area contributed by atoms with Gasteiger partial charge in [-0.1, -0.05) is 0 Å². The van der Waals surface area contributed by atoms with E-state index in [4.69, 9.17) is 14.2 Å². The summed E-state index contributed by atoms with van der Waals surface area (Å²) in [5.41, 5.74) is 1.46. The highest BCUT2D eigenvalue weighted by Crippen LogP contribution is 2.35. The molecule has 2 rings (SSSR count). The summed E-state index contributed by atoms with van der Waals surface area (Å²) in [5, 5.41) is 2.73. The lowest BCUT2D eigenvalue weighted by atomic mass is 10.1. The van der Waals surface area contributed by atoms with Gasteiger partial charge in [-0.05, 0) is 52.8 Å². The van der Waals surface area contributed by atoms with Crippen molar-refractivity contribution in [2.24, 2.45) is 0 Å². The van der Waals surface area contributed by atoms with E-state index >= 15 is 0 Å². The molecule has 1 aliphatic rings. The molecule has 0 aromatic heterocycles. The van der Waals surface area contributed by atoms with Crippen molar-refractivity contribution < 1.29 is 23.8 Å². The summed E-state index contributed by atoms with van der Waals surface area (Å²) in [4.78, 5) is 23.6. The largest absolute Gasteiger partial charge is 0.493 e. The zero-order valence-corrected chi connectivity index (χ0v) is 16.0. The second-order valence-electron chi connectivity index (χ2n) is 7.30. The lowest BCUT2D eigenvalue weighted by Crippen LogP contribution is -2.42. The molecule has 0 radical (unpaired) electrons. The topological polar surface area (TPSA) is 73.9 Å². The van der Waals surface area contributed by atoms with E-state index in [0.717, 1.165) is 23.3 Å². The fourth-order valence-corrected chi connectivity index (χ4v) is 2.66. The summed E-state index contributed by atoms with van der Waals surface area (Å²) in [5.74, 6) is 0.567. The average molecular weight is 361 g/mol. The second-order valence-corrected chi connectivity index (χ2v) is 7.30. The predicted octanol–water partition coefficient (Wildman–Crippen LogP) is 2.88. The molecule has 1 N–H and O–H groups in total. The van der Waals surface area contributed by atoms with E-state index in [-0.39, 0.29) is 24.2 Å². The first-order chi connectivity index (χ1) is 12.2. The number of carbonyl (C=O) groups is 2. The van der Waals surface area contributed by atoms with Crippen molar-refractivity contribution >= 4 is 18.0 Å². The third-order valence-corrected chi connectivity index (χ3v) is 3.59. The third kappa shape index (κ3) is 5.79. The van der Waals surface area contributed by atoms with Crippen molar-refractivity contribution in [3.8, 4) is 11.5 Å². The van der Waals surface area contributed by atoms with Crippen molar-refractivity contribution in [3.05, 3.63) is 29.3 Å². The number of rotatable bonds is 6. The zero-order valence-electron chi connectivity index (χ0n) is 16.0. The van der Waals surface area contributed by atoms with Crippen molar-refractivity contribution in [1.29, 1.82) is 0 Å². The number of amides is 1. The maximum absolute atomic E-state index is 11.9. The molecule has 0 spiro atoms. The standard InChI is InChI=1S/C20H27NO5/c1-6-24-16-11-15-9-13(2)26-17(15)10-14(16)7-8-19(23)25-12-18(22)21-20(3,4)5/h7-8,10-11,13H,6,9,12H2,1-5H3,(H,21,22)/b8-7+/t13-/m1/s1. The summed E-state index contributed by atoms with van der Waals surface area (Å²) >= 11 is 0. The first kappa shape index (κ1) is 19.8. The van der Waals surface area contributed by atoms with Crippen LogP contribution in [0.1, 0.15) is 45.7 Å². The molecule has 1 aliphatic heterocycles. The molecule has 6 nitrogen and oxygen atoms in total. The Morgan fingerprint density at radius 2 is 2.08 bits per heavy atom. The highest BCUT2D eigenvalue weighted by Gasteiger charge is 2.21. The Balaban J connectivity index is 2.01. The number of esters is 1. The van der Waals surface area contributed by atoms with Crippen LogP contribution in [-0.2, 0) is 20.7 Å². The van der Waals surface area contributed by atoms with E-state index in [9.17, 15) is 9.59 Å². The van der Waals surface area contributed by atoms with Gasteiger partial charge in [0.25, 0.3) is 5.91 Å². The molecule has 26 heavy (non-hydrogen) atoms. The van der Waals surface area contributed by atoms with Gasteiger partial charge in [0.2, 0.25) is 0 Å². The SMILES string of the molecule is CCOc1cc2c(cc1/C=C/C(=O)OCC(=O)NC(C)(C)C)O[C@H](C)C2. The highest BCUT2D eigenvalue weighted by atomic mass is 16.5. The lowest BCUT2D eigenvalue weighted by Gasteiger charge is -2.20. The van der Waals surface area contributed by atoms with Crippen LogP contribution in [-0.4, -0.2) is 36.7 Å². The third-order valence-electron chi connectivity index (χ3n) is 3.59. The number of nitrogens with one attached hydrogen (secondary N) is 1. The van der Waals surface area contributed by atoms with Crippen LogP contribution in [0.15, 0.2) is 18.2 Å². The van der Waals surface area contributed by atoms with Crippen LogP contribution in [0.4, 0.5) is 0 Å². The number of benzene rings is 1. The Kier molecular flexibility index (Phi) is 6.29. The van der Waals surface area contributed by atoms with Crippen molar-refractivity contribution in [2.45, 2.75) is 52.7 Å². The Hall–Kier alpha value is -2.50. The Labute approximate surface area is 154 Å². The summed E-state index contributed by atoms with van der Waals surface area (Å²) in [6.07, 6.45) is 3.86. The van der Waals surface area contributed by atoms with Crippen LogP contribution in [0.3, 0.4) is 0 Å². The number of hydrogen-bond donors (Lipinski definition) is 1. The number of carbonyl (C=O) groups excluding carboxylic acids is 2. The summed E-state index contributed by atoms with van der Waals surface area (Å²) in [6, 6.07) is 3.81. The number of hydrogen-bond acceptors (Lipinski definition) is 5. The zero-order chi connectivity index (χ0) is 19.3. The van der Waals surface area contributed by atoms with Gasteiger partial charge in [0.15, 0.2) is 6.61 Å². The summed E-state index contributed by atoms with van der Waals surface area (Å²) in [6.45, 7) is 9.70. The highest BCUT2D eigenvalue weighted by molar-refractivity contribution is 5.90. The van der Waals surface area contributed by atoms with Crippen LogP contribution in [0, 0.1) is 0 Å². The van der Waals surface area contributed by atoms with Gasteiger partial charge in [0.1, 0.15) is 17.6 Å². The molecule has 1 aromatic carbocycles. The number of fused-ring (bicyclic) bond motifs is 1. The van der Waals surface area contributed by atoms with Gasteiger partial charge in [-0.2, -0.15) is 0 Å². The molecule has 0 saturated heterocycles. The van der Waals surface area contributed by atoms with E-state index < -0.39 is 5.97 Å². The van der Waals surface area contributed by atoms with E-state index in [1.54, 1.807) is 6.08 Å². The molecule has 0 fully saturated rings. The fourth-order valence-electron chi connectivity index (χ4n) is 2.66. The molecule has 1 atom stereocenters. The minimum atomic E-state index is -0.591. The van der Waals surface area contributed by atoms with Crippen molar-refractivity contribution in [1.82, 2.24) is 5.32 Å². The van der Waals surface area contributed by atoms with Gasteiger partial charge < -0.3 is 19.5 Å². The molecule has 0 unspecified atom stereocenters. The normalized spacial score (nSPS) is 16.1. The van der Waals surface area contributed by atoms with Gasteiger partial charge in [0.05, 0.1) is 6.61 Å². The van der Waals surface area contributed by atoms with E-state index in [1.165, 1.54) is 6.08 Å². The maximum atomic E-state index is 11.9. The molecule has 0 saturated carbocycles. The average Bonchev–Trinajstić information content (AvgIpc) is 2.88. The Morgan fingerprint density at radius 1 is 1.35 bits per heavy atom. The number of ether oxygens (including phenoxy) is 3. The van der Waals surface area contributed by atoms with Crippen molar-refractivity contribution in [3.63, 3.8) is 0 Å². The van der Waals surface area contributed by atoms with Gasteiger partial charge in [-0.3, -0.25) is 4.79 Å². The summed E-state index contributed by atoms with van der Waals surface area (Å²) in [7, 11) is 0. The Morgan fingerprint density at radius 3 is 2.73 bits per heavy atom. The first-order valence-corrected chi connectivity index (χ1v) is 8.80. The minimum absolute atomic E-state index is 0.130. The smallest absolute Gasteiger partial charge is 0.331 e. The monoisotopic (exact) mass is 361 g/mol. The Bertz CT molecular complexity index is 703. The van der Waals surface area contributed by atoms with Crippen LogP contribution in [0.5, 0.6) is 11.5 Å². The maximum Gasteiger partial charge on any atom is 0.331 e. The van der Waals surface area contributed by atoms with Crippen LogP contribution >= 0.6 is 0 Å². The predicted molar refractivity (Wildman–Crippen MR) is 99.3 cm³/mol. The fraction of sp³-hybridized carbons (Fsp3) is 0.500. The van der Waals surface area contributed by atoms with E-state index in [2.05, 4.69) is 5.32 Å². The van der Waals surface area contributed by atoms with Gasteiger partial charge in [-0.15, -0.1) is 0 Å². The van der Waals surface area contributed by atoms with Gasteiger partial charge in [-0.25, -0.2) is 4.79 Å². The molecule has 1 aromatic rings. The minimum Gasteiger partial charge on any atom is -0.493 e. The van der Waals surface area contributed by atoms with E-state index in [0.29, 0.717) is 12.4 Å². The molecule has 0 aliphatic carbocycles. The van der Waals surface area contributed by atoms with Crippen LogP contribution in [0.25, 0.3) is 6.08 Å². The van der Waals surface area contributed by atoms with Gasteiger partial charge >= 0.3 is 5.97 Å². The van der Waals surface area contributed by atoms with Crippen LogP contribution in [0.2, 0.25) is 0 Å². The molecule has 1 heterocycles. The molecular weight excluding hydrogens is 334 g/mol. The first-order valence-electron chi connectivity index (χ1n) is 8.80. The molecular formula is C20H27NO5. The van der Waals surface area contributed by atoms with E-state index in [1.807, 2.05) is 46.8 Å². The second kappa shape index (κ2) is 8.25. The molecule has 0 bridgehead atoms. The molecule has 6 heteroatoms. The molecule has 1 amide bonds. The lowest BCUT2D eigenvalue weighted by molar-refractivity contribution is -0.144. The summed E-state index contributed by atoms with van der Waals surface area (Å²) < 4.78 is 16.4. The molecule has 142 valence electrons. The van der Waals surface area contributed by atoms with Gasteiger partial charge in [0, 0.05) is 29.2 Å². The van der Waals surface area contributed by atoms with Crippen molar-refractivity contribution in [2.75, 3.05) is 13.2 Å². The van der Waals surface area contributed by atoms with Crippen LogP contribution < -0.4 is 14.8 Å².